The Balaban J connectivity index is 1.57. The number of ether oxygens (including phenoxy) is 1. The monoisotopic (exact) mass is 370 g/mol. The summed E-state index contributed by atoms with van der Waals surface area (Å²) in [4.78, 5) is 31.8. The van der Waals surface area contributed by atoms with Crippen molar-refractivity contribution in [2.45, 2.75) is 52.0 Å². The van der Waals surface area contributed by atoms with Crippen LogP contribution in [0.15, 0.2) is 24.5 Å². The lowest BCUT2D eigenvalue weighted by Crippen LogP contribution is -2.55. The first-order valence-corrected chi connectivity index (χ1v) is 10.2. The number of rotatable bonds is 6. The summed E-state index contributed by atoms with van der Waals surface area (Å²) >= 11 is 0. The Kier molecular flexibility index (Phi) is 4.95. The van der Waals surface area contributed by atoms with Crippen molar-refractivity contribution in [3.05, 3.63) is 30.1 Å². The van der Waals surface area contributed by atoms with Crippen LogP contribution in [0.5, 0.6) is 0 Å². The van der Waals surface area contributed by atoms with Gasteiger partial charge in [-0.2, -0.15) is 0 Å². The van der Waals surface area contributed by atoms with E-state index in [0.717, 1.165) is 42.6 Å². The average molecular weight is 370 g/mol. The summed E-state index contributed by atoms with van der Waals surface area (Å²) in [6.45, 7) is 2.79. The quantitative estimate of drug-likeness (QED) is 0.720. The number of hydrogen-bond acceptors (Lipinski definition) is 4. The minimum Gasteiger partial charge on any atom is -0.469 e. The molecule has 0 N–H and O–H groups in total. The molecule has 1 aromatic rings. The van der Waals surface area contributed by atoms with Crippen LogP contribution >= 0.6 is 0 Å². The van der Waals surface area contributed by atoms with Gasteiger partial charge in [-0.05, 0) is 74.0 Å². The van der Waals surface area contributed by atoms with Gasteiger partial charge in [-0.25, -0.2) is 0 Å². The summed E-state index contributed by atoms with van der Waals surface area (Å²) in [7, 11) is 1.41. The first-order valence-electron chi connectivity index (χ1n) is 10.2. The molecule has 1 unspecified atom stereocenters. The van der Waals surface area contributed by atoms with Crippen molar-refractivity contribution in [3.8, 4) is 0 Å². The molecule has 1 amide bonds. The molecule has 5 rings (SSSR count). The number of carbonyl (C=O) groups is 2. The molecule has 27 heavy (non-hydrogen) atoms. The van der Waals surface area contributed by atoms with Gasteiger partial charge in [0.1, 0.15) is 0 Å². The highest BCUT2D eigenvalue weighted by Crippen LogP contribution is 2.60. The van der Waals surface area contributed by atoms with Crippen LogP contribution in [-0.2, 0) is 20.9 Å². The standard InChI is InChI=1S/C22H30N2O3/c1-15(20(25)27-2)13-24(14-16-3-5-23-6-4-16)21(26)22-10-17-7-18(11-22)9-19(8-17)12-22/h3-6,15,17-19H,7-14H2,1-2H3. The van der Waals surface area contributed by atoms with Crippen molar-refractivity contribution >= 4 is 11.9 Å². The van der Waals surface area contributed by atoms with Crippen LogP contribution < -0.4 is 0 Å². The van der Waals surface area contributed by atoms with Gasteiger partial charge in [-0.15, -0.1) is 0 Å². The number of carbonyl (C=O) groups excluding carboxylic acids is 2. The van der Waals surface area contributed by atoms with Crippen LogP contribution in [0.25, 0.3) is 0 Å². The summed E-state index contributed by atoms with van der Waals surface area (Å²) in [5.74, 6) is 1.85. The van der Waals surface area contributed by atoms with Gasteiger partial charge < -0.3 is 9.64 Å². The van der Waals surface area contributed by atoms with Gasteiger partial charge in [0.15, 0.2) is 0 Å². The van der Waals surface area contributed by atoms with E-state index in [4.69, 9.17) is 4.74 Å². The zero-order valence-electron chi connectivity index (χ0n) is 16.4. The van der Waals surface area contributed by atoms with E-state index in [-0.39, 0.29) is 23.2 Å². The fraction of sp³-hybridized carbons (Fsp3) is 0.682. The predicted molar refractivity (Wildman–Crippen MR) is 101 cm³/mol. The molecule has 0 spiro atoms. The van der Waals surface area contributed by atoms with Crippen molar-refractivity contribution in [2.75, 3.05) is 13.7 Å². The van der Waals surface area contributed by atoms with Gasteiger partial charge in [0, 0.05) is 25.5 Å². The third-order valence-electron chi connectivity index (χ3n) is 7.00. The highest BCUT2D eigenvalue weighted by molar-refractivity contribution is 5.84. The zero-order chi connectivity index (χ0) is 19.0. The molecule has 1 aromatic heterocycles. The highest BCUT2D eigenvalue weighted by atomic mass is 16.5. The second-order valence-corrected chi connectivity index (χ2v) is 9.16. The molecule has 146 valence electrons. The first kappa shape index (κ1) is 18.5. The highest BCUT2D eigenvalue weighted by Gasteiger charge is 2.55. The fourth-order valence-electron chi connectivity index (χ4n) is 6.24. The number of methoxy groups -OCH3 is 1. The number of hydrogen-bond donors (Lipinski definition) is 0. The maximum Gasteiger partial charge on any atom is 0.310 e. The third-order valence-corrected chi connectivity index (χ3v) is 7.00. The average Bonchev–Trinajstić information content (AvgIpc) is 2.66. The van der Waals surface area contributed by atoms with Crippen molar-refractivity contribution in [3.63, 3.8) is 0 Å². The van der Waals surface area contributed by atoms with Gasteiger partial charge in [0.25, 0.3) is 0 Å². The smallest absolute Gasteiger partial charge is 0.310 e. The van der Waals surface area contributed by atoms with Crippen LogP contribution in [0.1, 0.15) is 51.0 Å². The summed E-state index contributed by atoms with van der Waals surface area (Å²) in [5.41, 5.74) is 0.859. The Bertz CT molecular complexity index is 667. The number of pyridine rings is 1. The topological polar surface area (TPSA) is 59.5 Å². The largest absolute Gasteiger partial charge is 0.469 e. The summed E-state index contributed by atoms with van der Waals surface area (Å²) in [6.07, 6.45) is 10.6. The van der Waals surface area contributed by atoms with Gasteiger partial charge in [-0.3, -0.25) is 14.6 Å². The predicted octanol–water partition coefficient (Wildman–Crippen LogP) is 3.44. The van der Waals surface area contributed by atoms with Gasteiger partial charge in [-0.1, -0.05) is 6.92 Å². The molecule has 4 saturated carbocycles. The molecule has 0 saturated heterocycles. The lowest BCUT2D eigenvalue weighted by atomic mass is 9.49. The zero-order valence-corrected chi connectivity index (χ0v) is 16.4. The van der Waals surface area contributed by atoms with Crippen LogP contribution in [0.3, 0.4) is 0 Å². The lowest BCUT2D eigenvalue weighted by molar-refractivity contribution is -0.160. The fourth-order valence-corrected chi connectivity index (χ4v) is 6.24. The Hall–Kier alpha value is -1.91. The lowest BCUT2D eigenvalue weighted by Gasteiger charge is -2.56. The van der Waals surface area contributed by atoms with E-state index >= 15 is 0 Å². The molecule has 1 heterocycles. The second-order valence-electron chi connectivity index (χ2n) is 9.16. The molecular weight excluding hydrogens is 340 g/mol. The molecule has 5 nitrogen and oxygen atoms in total. The molecule has 4 aliphatic carbocycles. The van der Waals surface area contributed by atoms with Crippen LogP contribution in [0.4, 0.5) is 0 Å². The van der Waals surface area contributed by atoms with E-state index in [0.29, 0.717) is 13.1 Å². The SMILES string of the molecule is COC(=O)C(C)CN(Cc1ccncc1)C(=O)C12CC3CC(CC(C3)C1)C2. The van der Waals surface area contributed by atoms with Crippen LogP contribution in [-0.4, -0.2) is 35.4 Å². The van der Waals surface area contributed by atoms with Crippen molar-refractivity contribution in [1.29, 1.82) is 0 Å². The van der Waals surface area contributed by atoms with Crippen molar-refractivity contribution in [2.24, 2.45) is 29.1 Å². The molecule has 4 bridgehead atoms. The molecule has 0 radical (unpaired) electrons. The van der Waals surface area contributed by atoms with E-state index in [1.54, 1.807) is 12.4 Å². The summed E-state index contributed by atoms with van der Waals surface area (Å²) in [5, 5.41) is 0. The van der Waals surface area contributed by atoms with Crippen LogP contribution in [0.2, 0.25) is 0 Å². The molecule has 1 atom stereocenters. The molecular formula is C22H30N2O3. The summed E-state index contributed by atoms with van der Waals surface area (Å²) < 4.78 is 4.91. The molecule has 4 fully saturated rings. The minimum atomic E-state index is -0.324. The third kappa shape index (κ3) is 3.61. The number of nitrogens with zero attached hydrogens (tertiary/aromatic N) is 2. The van der Waals surface area contributed by atoms with Crippen LogP contribution in [0, 0.1) is 29.1 Å². The number of amides is 1. The molecule has 4 aliphatic rings. The van der Waals surface area contributed by atoms with Crippen molar-refractivity contribution in [1.82, 2.24) is 9.88 Å². The Morgan fingerprint density at radius 3 is 2.22 bits per heavy atom. The molecule has 5 heteroatoms. The van der Waals surface area contributed by atoms with Crippen molar-refractivity contribution < 1.29 is 14.3 Å². The molecule has 0 aliphatic heterocycles. The Morgan fingerprint density at radius 1 is 1.15 bits per heavy atom. The Morgan fingerprint density at radius 2 is 1.70 bits per heavy atom. The summed E-state index contributed by atoms with van der Waals surface area (Å²) in [6, 6.07) is 3.89. The van der Waals surface area contributed by atoms with Gasteiger partial charge >= 0.3 is 5.97 Å². The maximum atomic E-state index is 13.8. The first-order chi connectivity index (χ1) is 13.0. The Labute approximate surface area is 161 Å². The maximum absolute atomic E-state index is 13.8. The molecule has 0 aromatic carbocycles. The number of esters is 1. The normalized spacial score (nSPS) is 32.1. The second kappa shape index (κ2) is 7.25. The van der Waals surface area contributed by atoms with E-state index < -0.39 is 0 Å². The minimum absolute atomic E-state index is 0.197. The van der Waals surface area contributed by atoms with Gasteiger partial charge in [0.2, 0.25) is 5.91 Å². The van der Waals surface area contributed by atoms with E-state index in [1.165, 1.54) is 26.4 Å². The van der Waals surface area contributed by atoms with E-state index in [2.05, 4.69) is 4.98 Å². The van der Waals surface area contributed by atoms with Gasteiger partial charge in [0.05, 0.1) is 18.4 Å². The number of aromatic nitrogens is 1. The van der Waals surface area contributed by atoms with E-state index in [1.807, 2.05) is 24.0 Å². The van der Waals surface area contributed by atoms with E-state index in [9.17, 15) is 9.59 Å².